The highest BCUT2D eigenvalue weighted by molar-refractivity contribution is 5.93. The van der Waals surface area contributed by atoms with Crippen LogP contribution in [0.5, 0.6) is 11.5 Å². The zero-order valence-electron chi connectivity index (χ0n) is 16.2. The molecule has 0 aliphatic carbocycles. The van der Waals surface area contributed by atoms with E-state index >= 15 is 0 Å². The number of hydrogen-bond donors (Lipinski definition) is 3. The van der Waals surface area contributed by atoms with E-state index in [2.05, 4.69) is 15.6 Å². The second-order valence-electron chi connectivity index (χ2n) is 5.99. The molecule has 0 aliphatic heterocycles. The number of aliphatic hydroxyl groups excluding tert-OH is 1. The third-order valence-electron chi connectivity index (χ3n) is 3.84. The van der Waals surface area contributed by atoms with Crippen molar-refractivity contribution in [2.75, 3.05) is 32.1 Å². The molecule has 2 aromatic carbocycles. The van der Waals surface area contributed by atoms with Gasteiger partial charge < -0.3 is 25.2 Å². The van der Waals surface area contributed by atoms with E-state index in [-0.39, 0.29) is 0 Å². The quantitative estimate of drug-likeness (QED) is 0.467. The lowest BCUT2D eigenvalue weighted by molar-refractivity contribution is 0.184. The average molecular weight is 371 g/mol. The summed E-state index contributed by atoms with van der Waals surface area (Å²) in [5, 5.41) is 16.7. The first-order valence-electron chi connectivity index (χ1n) is 9.24. The van der Waals surface area contributed by atoms with Gasteiger partial charge in [-0.2, -0.15) is 0 Å². The van der Waals surface area contributed by atoms with E-state index in [1.807, 2.05) is 62.4 Å². The lowest BCUT2D eigenvalue weighted by Gasteiger charge is -2.15. The number of benzene rings is 2. The van der Waals surface area contributed by atoms with Gasteiger partial charge in [0.25, 0.3) is 0 Å². The molecule has 6 nitrogen and oxygen atoms in total. The van der Waals surface area contributed by atoms with Gasteiger partial charge >= 0.3 is 0 Å². The lowest BCUT2D eigenvalue weighted by atomic mass is 10.1. The Morgan fingerprint density at radius 3 is 2.56 bits per heavy atom. The number of rotatable bonds is 9. The first-order valence-corrected chi connectivity index (χ1v) is 9.24. The number of ether oxygens (including phenoxy) is 2. The lowest BCUT2D eigenvalue weighted by Crippen LogP contribution is -2.32. The van der Waals surface area contributed by atoms with Crippen LogP contribution in [-0.4, -0.2) is 44.0 Å². The highest BCUT2D eigenvalue weighted by Crippen LogP contribution is 2.30. The Bertz CT molecular complexity index is 720. The molecular formula is C21H29N3O3. The fourth-order valence-electron chi connectivity index (χ4n) is 2.61. The molecule has 0 spiro atoms. The van der Waals surface area contributed by atoms with E-state index in [1.165, 1.54) is 0 Å². The maximum atomic E-state index is 10.3. The smallest absolute Gasteiger partial charge is 0.195 e. The predicted molar refractivity (Wildman–Crippen MR) is 110 cm³/mol. The molecule has 0 aliphatic rings. The molecule has 0 heterocycles. The highest BCUT2D eigenvalue weighted by atomic mass is 16.5. The molecule has 0 amide bonds. The Balaban J connectivity index is 2.03. The molecule has 2 rings (SSSR count). The minimum absolute atomic E-state index is 0.304. The number of hydrogen-bond acceptors (Lipinski definition) is 4. The van der Waals surface area contributed by atoms with Crippen molar-refractivity contribution < 1.29 is 14.6 Å². The van der Waals surface area contributed by atoms with Gasteiger partial charge in [-0.3, -0.25) is 4.99 Å². The van der Waals surface area contributed by atoms with Gasteiger partial charge in [0.2, 0.25) is 0 Å². The molecule has 0 radical (unpaired) electrons. The largest absolute Gasteiger partial charge is 0.493 e. The number of aliphatic imine (C=N–C) groups is 1. The van der Waals surface area contributed by atoms with Crippen LogP contribution in [0.15, 0.2) is 53.5 Å². The molecule has 1 unspecified atom stereocenters. The zero-order valence-corrected chi connectivity index (χ0v) is 16.2. The molecule has 146 valence electrons. The average Bonchev–Trinajstić information content (AvgIpc) is 2.68. The summed E-state index contributed by atoms with van der Waals surface area (Å²) in [6.07, 6.45) is 0.0264. The number of anilines is 1. The van der Waals surface area contributed by atoms with Crippen molar-refractivity contribution in [1.82, 2.24) is 5.32 Å². The monoisotopic (exact) mass is 371 g/mol. The normalized spacial score (nSPS) is 12.4. The van der Waals surface area contributed by atoms with Crippen LogP contribution in [0.25, 0.3) is 0 Å². The van der Waals surface area contributed by atoms with Crippen molar-refractivity contribution >= 4 is 11.6 Å². The molecule has 6 heteroatoms. The Hall–Kier alpha value is -2.73. The van der Waals surface area contributed by atoms with Crippen LogP contribution < -0.4 is 20.1 Å². The number of guanidine groups is 1. The van der Waals surface area contributed by atoms with Crippen molar-refractivity contribution in [3.63, 3.8) is 0 Å². The number of nitrogens with zero attached hydrogens (tertiary/aromatic N) is 1. The summed E-state index contributed by atoms with van der Waals surface area (Å²) in [6, 6.07) is 15.5. The van der Waals surface area contributed by atoms with Crippen molar-refractivity contribution in [2.45, 2.75) is 26.4 Å². The fraction of sp³-hybridized carbons (Fsp3) is 0.381. The van der Waals surface area contributed by atoms with E-state index in [0.29, 0.717) is 37.0 Å². The Kier molecular flexibility index (Phi) is 8.45. The first kappa shape index (κ1) is 20.6. The van der Waals surface area contributed by atoms with Crippen LogP contribution in [0, 0.1) is 0 Å². The summed E-state index contributed by atoms with van der Waals surface area (Å²) in [4.78, 5) is 4.50. The van der Waals surface area contributed by atoms with Gasteiger partial charge in [-0.1, -0.05) is 30.3 Å². The molecule has 0 saturated heterocycles. The first-order chi connectivity index (χ1) is 13.2. The fourth-order valence-corrected chi connectivity index (χ4v) is 2.61. The van der Waals surface area contributed by atoms with Gasteiger partial charge in [0, 0.05) is 24.7 Å². The topological polar surface area (TPSA) is 75.1 Å². The highest BCUT2D eigenvalue weighted by Gasteiger charge is 2.09. The minimum Gasteiger partial charge on any atom is -0.493 e. The van der Waals surface area contributed by atoms with Gasteiger partial charge in [-0.25, -0.2) is 0 Å². The van der Waals surface area contributed by atoms with Gasteiger partial charge in [-0.15, -0.1) is 0 Å². The predicted octanol–water partition coefficient (Wildman–Crippen LogP) is 3.07. The number of methoxy groups -OCH3 is 1. The Morgan fingerprint density at radius 1 is 1.11 bits per heavy atom. The standard InChI is InChI=1S/C21H29N3O3/c1-4-22-21(23-15-18(25)13-16-9-7-6-8-10-16)24-17-11-12-19(26-3)20(14-17)27-5-2/h6-12,14,18,25H,4-5,13,15H2,1-3H3,(H2,22,23,24). The molecule has 1 atom stereocenters. The molecule has 27 heavy (non-hydrogen) atoms. The summed E-state index contributed by atoms with van der Waals surface area (Å²) in [6.45, 7) is 5.50. The van der Waals surface area contributed by atoms with E-state index in [0.717, 1.165) is 17.8 Å². The minimum atomic E-state index is -0.544. The second kappa shape index (κ2) is 11.1. The summed E-state index contributed by atoms with van der Waals surface area (Å²) >= 11 is 0. The number of aliphatic hydroxyl groups is 1. The summed E-state index contributed by atoms with van der Waals surface area (Å²) < 4.78 is 10.9. The molecule has 0 fully saturated rings. The van der Waals surface area contributed by atoms with Crippen LogP contribution in [-0.2, 0) is 6.42 Å². The summed E-state index contributed by atoms with van der Waals surface area (Å²) in [5.41, 5.74) is 1.92. The molecule has 3 N–H and O–H groups in total. The van der Waals surface area contributed by atoms with E-state index < -0.39 is 6.10 Å². The Labute approximate surface area is 161 Å². The van der Waals surface area contributed by atoms with Gasteiger partial charge in [0.15, 0.2) is 17.5 Å². The van der Waals surface area contributed by atoms with Crippen molar-refractivity contribution in [3.05, 3.63) is 54.1 Å². The summed E-state index contributed by atoms with van der Waals surface area (Å²) in [7, 11) is 1.62. The third kappa shape index (κ3) is 6.83. The SMILES string of the molecule is CCNC(=NCC(O)Cc1ccccc1)Nc1ccc(OC)c(OCC)c1. The molecule has 0 aromatic heterocycles. The van der Waals surface area contributed by atoms with Crippen LogP contribution in [0.1, 0.15) is 19.4 Å². The van der Waals surface area contributed by atoms with Crippen LogP contribution in [0.3, 0.4) is 0 Å². The van der Waals surface area contributed by atoms with Crippen molar-refractivity contribution in [3.8, 4) is 11.5 Å². The molecule has 0 bridgehead atoms. The van der Waals surface area contributed by atoms with E-state index in [1.54, 1.807) is 7.11 Å². The van der Waals surface area contributed by atoms with Gasteiger partial charge in [0.1, 0.15) is 0 Å². The van der Waals surface area contributed by atoms with Crippen LogP contribution in [0.2, 0.25) is 0 Å². The van der Waals surface area contributed by atoms with Crippen molar-refractivity contribution in [1.29, 1.82) is 0 Å². The van der Waals surface area contributed by atoms with Gasteiger partial charge in [0.05, 0.1) is 26.4 Å². The van der Waals surface area contributed by atoms with E-state index in [4.69, 9.17) is 9.47 Å². The van der Waals surface area contributed by atoms with Crippen LogP contribution >= 0.6 is 0 Å². The molecule has 2 aromatic rings. The second-order valence-corrected chi connectivity index (χ2v) is 5.99. The van der Waals surface area contributed by atoms with Gasteiger partial charge in [-0.05, 0) is 31.5 Å². The van der Waals surface area contributed by atoms with E-state index in [9.17, 15) is 5.11 Å². The maximum absolute atomic E-state index is 10.3. The molecular weight excluding hydrogens is 342 g/mol. The molecule has 0 saturated carbocycles. The maximum Gasteiger partial charge on any atom is 0.195 e. The zero-order chi connectivity index (χ0) is 19.5. The third-order valence-corrected chi connectivity index (χ3v) is 3.84. The summed E-state index contributed by atoms with van der Waals surface area (Å²) in [5.74, 6) is 1.96. The van der Waals surface area contributed by atoms with Crippen molar-refractivity contribution in [2.24, 2.45) is 4.99 Å². The number of nitrogens with one attached hydrogen (secondary N) is 2. The Morgan fingerprint density at radius 2 is 1.89 bits per heavy atom. The van der Waals surface area contributed by atoms with Crippen LogP contribution in [0.4, 0.5) is 5.69 Å².